The third kappa shape index (κ3) is 8.75. The lowest BCUT2D eigenvalue weighted by molar-refractivity contribution is -0.255. The van der Waals surface area contributed by atoms with Gasteiger partial charge in [-0.1, -0.05) is 18.2 Å². The summed E-state index contributed by atoms with van der Waals surface area (Å²) in [6.07, 6.45) is -1.12. The summed E-state index contributed by atoms with van der Waals surface area (Å²) in [7, 11) is 7.62. The number of halogens is 2. The van der Waals surface area contributed by atoms with Crippen LogP contribution in [0.5, 0.6) is 0 Å². The van der Waals surface area contributed by atoms with Crippen LogP contribution in [0.3, 0.4) is 0 Å². The van der Waals surface area contributed by atoms with E-state index in [1.165, 1.54) is 17.0 Å². The monoisotopic (exact) mass is 900 g/mol. The van der Waals surface area contributed by atoms with Crippen molar-refractivity contribution in [2.75, 3.05) is 52.7 Å². The lowest BCUT2D eigenvalue weighted by atomic mass is 9.89. The Labute approximate surface area is 377 Å². The Morgan fingerprint density at radius 2 is 1.70 bits per heavy atom. The lowest BCUT2D eigenvalue weighted by Gasteiger charge is -2.22. The zero-order chi connectivity index (χ0) is 47.2. The van der Waals surface area contributed by atoms with Crippen LogP contribution in [0.4, 0.5) is 14.5 Å². The average Bonchev–Trinajstić information content (AvgIpc) is 3.99. The molecule has 0 spiro atoms. The summed E-state index contributed by atoms with van der Waals surface area (Å²) in [5.41, 5.74) is 4.53. The molecule has 0 aromatic heterocycles. The van der Waals surface area contributed by atoms with Gasteiger partial charge in [0.05, 0.1) is 24.6 Å². The summed E-state index contributed by atoms with van der Waals surface area (Å²) in [6.45, 7) is -0.666. The highest BCUT2D eigenvalue weighted by molar-refractivity contribution is 6.09. The van der Waals surface area contributed by atoms with Gasteiger partial charge in [0.1, 0.15) is 37.5 Å². The first-order valence-electron chi connectivity index (χ1n) is 21.3. The number of amides is 5. The number of nitrogens with one attached hydrogen (secondary N) is 3. The molecular weight excluding hydrogens is 855 g/mol. The fourth-order valence-corrected chi connectivity index (χ4v) is 8.93. The van der Waals surface area contributed by atoms with E-state index in [2.05, 4.69) is 16.0 Å². The third-order valence-corrected chi connectivity index (χ3v) is 12.4. The Morgan fingerprint density at radius 3 is 2.41 bits per heavy atom. The van der Waals surface area contributed by atoms with E-state index < -0.39 is 72.4 Å². The Kier molecular flexibility index (Phi) is 12.1. The van der Waals surface area contributed by atoms with E-state index in [0.717, 1.165) is 21.5 Å². The largest absolute Gasteiger partial charge is 0.545 e. The Hall–Kier alpha value is -7.68. The minimum absolute atomic E-state index is 0.00516. The van der Waals surface area contributed by atoms with E-state index in [4.69, 9.17) is 4.42 Å². The molecule has 4 heterocycles. The number of rotatable bonds is 11. The summed E-state index contributed by atoms with van der Waals surface area (Å²) in [6, 6.07) is 20.0. The average molecular weight is 901 g/mol. The molecule has 5 amide bonds. The topological polar surface area (TPSA) is 211 Å². The second-order valence-electron chi connectivity index (χ2n) is 17.2. The number of nitrogens with zero attached hydrogens (tertiary/aromatic N) is 5. The molecule has 3 atom stereocenters. The minimum atomic E-state index is -3.21. The fourth-order valence-electron chi connectivity index (χ4n) is 8.93. The van der Waals surface area contributed by atoms with Gasteiger partial charge in [-0.05, 0) is 59.5 Å². The smallest absolute Gasteiger partial charge is 0.268 e. The number of hydrogen-bond acceptors (Lipinski definition) is 10. The molecule has 0 bridgehead atoms. The summed E-state index contributed by atoms with van der Waals surface area (Å²) in [5, 5.41) is 31.6. The highest BCUT2D eigenvalue weighted by Crippen LogP contribution is 2.42. The second kappa shape index (κ2) is 17.7. The molecule has 0 unspecified atom stereocenters. The van der Waals surface area contributed by atoms with Crippen LogP contribution in [0, 0.1) is 17.2 Å². The molecule has 18 heteroatoms. The van der Waals surface area contributed by atoms with Crippen molar-refractivity contribution < 1.29 is 47.1 Å². The standard InChI is InChI=1S/C48H46F2N8O8/c1-55(2)29-9-12-34-39(19-29)66-40-20-30(56(3)4)10-13-35(40)42(34)32-11-8-26(16-36(32)47(64)65)43(60)52-14-15-53-45(62)33-7-5-6-27-23-57(24-37(27)33)41(59)18-28-17-38(54-44(28)61)46(63)58-25-48(49,50)21-31(58)22-51/h5-13,16,19-20,28,31,38H,14-15,17-18,21,23-25H2,1-4H3,(H3-,52,53,54,60,61,62,64,65)/t28-,31-,38-/m0/s1. The third-order valence-electron chi connectivity index (χ3n) is 12.4. The Morgan fingerprint density at radius 1 is 0.955 bits per heavy atom. The Balaban J connectivity index is 0.898. The molecule has 2 saturated heterocycles. The van der Waals surface area contributed by atoms with Crippen LogP contribution in [-0.4, -0.2) is 111 Å². The van der Waals surface area contributed by atoms with Gasteiger partial charge in [0.2, 0.25) is 23.1 Å². The number of carboxylic acid groups (broad SMARTS) is 1. The van der Waals surface area contributed by atoms with Crippen molar-refractivity contribution in [2.45, 2.75) is 50.4 Å². The maximum atomic E-state index is 14.0. The zero-order valence-electron chi connectivity index (χ0n) is 36.6. The van der Waals surface area contributed by atoms with E-state index in [1.807, 2.05) is 74.1 Å². The number of carbonyl (C=O) groups excluding carboxylic acids is 6. The molecule has 340 valence electrons. The molecule has 0 radical (unpaired) electrons. The summed E-state index contributed by atoms with van der Waals surface area (Å²) < 4.78 is 36.3. The zero-order valence-corrected chi connectivity index (χ0v) is 36.6. The first-order valence-corrected chi connectivity index (χ1v) is 21.3. The molecule has 5 aliphatic rings. The molecule has 3 aromatic rings. The van der Waals surface area contributed by atoms with E-state index in [9.17, 15) is 47.9 Å². The molecule has 3 aromatic carbocycles. The summed E-state index contributed by atoms with van der Waals surface area (Å²) in [4.78, 5) is 83.0. The quantitative estimate of drug-likeness (QED) is 0.100. The Bertz CT molecular complexity index is 2940. The highest BCUT2D eigenvalue weighted by Gasteiger charge is 2.50. The molecular formula is C48H46F2N8O8. The molecule has 4 aliphatic heterocycles. The van der Waals surface area contributed by atoms with Crippen molar-refractivity contribution in [2.24, 2.45) is 5.92 Å². The van der Waals surface area contributed by atoms with Crippen LogP contribution in [0.2, 0.25) is 0 Å². The maximum Gasteiger partial charge on any atom is 0.268 e. The SMILES string of the molecule is CN(C)c1ccc2c(-c3ccc(C(=O)NCCNC(=O)c4cccc5c4CN(C(=O)C[C@@H]4C[C@@H](C(=O)N6CC(F)(F)C[C@H]6C#N)NC4=O)C5)cc3C(=O)[O-])c3ccc(=[N+](C)C)cc-3oc2c1. The van der Waals surface area contributed by atoms with E-state index in [-0.39, 0.29) is 50.1 Å². The predicted octanol–water partition coefficient (Wildman–Crippen LogP) is 2.32. The first kappa shape index (κ1) is 44.9. The molecule has 3 N–H and O–H groups in total. The van der Waals surface area contributed by atoms with E-state index in [1.54, 1.807) is 30.3 Å². The number of carbonyl (C=O) groups is 6. The molecule has 66 heavy (non-hydrogen) atoms. The van der Waals surface area contributed by atoms with Crippen molar-refractivity contribution in [3.8, 4) is 28.5 Å². The van der Waals surface area contributed by atoms with Crippen LogP contribution < -0.4 is 35.9 Å². The second-order valence-corrected chi connectivity index (χ2v) is 17.2. The molecule has 0 saturated carbocycles. The summed E-state index contributed by atoms with van der Waals surface area (Å²) in [5.74, 6) is -7.83. The lowest BCUT2D eigenvalue weighted by Crippen LogP contribution is -2.46. The van der Waals surface area contributed by atoms with Crippen molar-refractivity contribution >= 4 is 52.2 Å². The van der Waals surface area contributed by atoms with Gasteiger partial charge in [-0.25, -0.2) is 13.4 Å². The van der Waals surface area contributed by atoms with Gasteiger partial charge >= 0.3 is 0 Å². The number of fused-ring (bicyclic) bond motifs is 3. The highest BCUT2D eigenvalue weighted by atomic mass is 19.3. The van der Waals surface area contributed by atoms with E-state index >= 15 is 0 Å². The van der Waals surface area contributed by atoms with Gasteiger partial charge in [-0.2, -0.15) is 5.26 Å². The van der Waals surface area contributed by atoms with Crippen molar-refractivity contribution in [3.05, 3.63) is 106 Å². The minimum Gasteiger partial charge on any atom is -0.545 e. The van der Waals surface area contributed by atoms with Crippen LogP contribution in [0.25, 0.3) is 33.4 Å². The van der Waals surface area contributed by atoms with Crippen molar-refractivity contribution in [1.82, 2.24) is 30.3 Å². The van der Waals surface area contributed by atoms with Crippen LogP contribution in [-0.2, 0) is 27.5 Å². The number of alkyl halides is 2. The summed E-state index contributed by atoms with van der Waals surface area (Å²) >= 11 is 0. The van der Waals surface area contributed by atoms with Gasteiger partial charge in [-0.15, -0.1) is 0 Å². The van der Waals surface area contributed by atoms with Gasteiger partial charge in [0, 0.05) is 110 Å². The maximum absolute atomic E-state index is 14.0. The number of carboxylic acids is 1. The van der Waals surface area contributed by atoms with Crippen LogP contribution >= 0.6 is 0 Å². The number of aromatic carboxylic acids is 1. The first-order chi connectivity index (χ1) is 31.4. The van der Waals surface area contributed by atoms with E-state index in [0.29, 0.717) is 44.5 Å². The van der Waals surface area contributed by atoms with Crippen LogP contribution in [0.1, 0.15) is 61.5 Å². The number of nitriles is 1. The molecule has 2 fully saturated rings. The fraction of sp³-hybridized carbons (Fsp3) is 0.333. The van der Waals surface area contributed by atoms with Crippen molar-refractivity contribution in [3.63, 3.8) is 0 Å². The normalized spacial score (nSPS) is 18.4. The van der Waals surface area contributed by atoms with Gasteiger partial charge < -0.3 is 45.0 Å². The molecule has 8 rings (SSSR count). The number of likely N-dealkylation sites (tertiary alicyclic amines) is 1. The number of hydrogen-bond donors (Lipinski definition) is 3. The van der Waals surface area contributed by atoms with Crippen LogP contribution in [0.15, 0.2) is 77.2 Å². The van der Waals surface area contributed by atoms with Gasteiger partial charge in [0.15, 0.2) is 0 Å². The van der Waals surface area contributed by atoms with Gasteiger partial charge in [-0.3, -0.25) is 24.0 Å². The number of anilines is 1. The molecule has 1 aliphatic carbocycles. The molecule has 16 nitrogen and oxygen atoms in total. The van der Waals surface area contributed by atoms with Gasteiger partial charge in [0.25, 0.3) is 17.7 Å². The predicted molar refractivity (Wildman–Crippen MR) is 235 cm³/mol. The number of benzene rings is 4. The van der Waals surface area contributed by atoms with Crippen molar-refractivity contribution in [1.29, 1.82) is 5.26 Å².